The van der Waals surface area contributed by atoms with Gasteiger partial charge in [0.1, 0.15) is 11.6 Å². The molecule has 1 heterocycles. The van der Waals surface area contributed by atoms with Crippen molar-refractivity contribution in [2.75, 3.05) is 18.4 Å². The Balaban J connectivity index is 1.63. The highest BCUT2D eigenvalue weighted by Gasteiger charge is 2.32. The van der Waals surface area contributed by atoms with Crippen LogP contribution in [0.1, 0.15) is 30.1 Å². The maximum absolute atomic E-state index is 13.7. The summed E-state index contributed by atoms with van der Waals surface area (Å²) in [6.45, 7) is 1.68. The molecule has 0 radical (unpaired) electrons. The van der Waals surface area contributed by atoms with Crippen molar-refractivity contribution < 1.29 is 26.8 Å². The summed E-state index contributed by atoms with van der Waals surface area (Å²) in [5, 5.41) is 2.43. The van der Waals surface area contributed by atoms with Crippen LogP contribution < -0.4 is 5.32 Å². The fourth-order valence-corrected chi connectivity index (χ4v) is 4.66. The number of nitrogens with one attached hydrogen (secondary N) is 1. The number of nitrogens with zero attached hydrogens (tertiary/aromatic N) is 1. The summed E-state index contributed by atoms with van der Waals surface area (Å²) in [6, 6.07) is 8.59. The molecule has 0 bridgehead atoms. The van der Waals surface area contributed by atoms with Crippen LogP contribution in [-0.4, -0.2) is 37.5 Å². The van der Waals surface area contributed by atoms with Crippen LogP contribution in [0.4, 0.5) is 14.5 Å². The van der Waals surface area contributed by atoms with E-state index in [0.29, 0.717) is 11.6 Å². The zero-order valence-electron chi connectivity index (χ0n) is 15.7. The second-order valence-corrected chi connectivity index (χ2v) is 8.81. The SMILES string of the molecule is CC(=O)c1ccc(S(=O)(=O)N2CCC(C(=O)Nc3ccc(F)cc3F)CC2)cc1. The van der Waals surface area contributed by atoms with E-state index in [0.717, 1.165) is 12.1 Å². The topological polar surface area (TPSA) is 83.6 Å². The molecule has 1 fully saturated rings. The molecule has 0 saturated carbocycles. The molecule has 9 heteroatoms. The number of carbonyl (C=O) groups is 2. The van der Waals surface area contributed by atoms with Crippen molar-refractivity contribution in [1.29, 1.82) is 0 Å². The molecule has 1 aliphatic heterocycles. The van der Waals surface area contributed by atoms with Gasteiger partial charge in [-0.3, -0.25) is 9.59 Å². The summed E-state index contributed by atoms with van der Waals surface area (Å²) in [7, 11) is -3.74. The molecular formula is C20H20F2N2O4S. The predicted octanol–water partition coefficient (Wildman–Crippen LogP) is 3.21. The van der Waals surface area contributed by atoms with Gasteiger partial charge in [0.15, 0.2) is 5.78 Å². The Bertz CT molecular complexity index is 1030. The molecule has 0 unspecified atom stereocenters. The molecule has 154 valence electrons. The van der Waals surface area contributed by atoms with Gasteiger partial charge in [-0.05, 0) is 44.0 Å². The summed E-state index contributed by atoms with van der Waals surface area (Å²) in [4.78, 5) is 23.8. The minimum absolute atomic E-state index is 0.0822. The maximum Gasteiger partial charge on any atom is 0.243 e. The molecule has 2 aromatic carbocycles. The molecule has 0 atom stereocenters. The first-order chi connectivity index (χ1) is 13.7. The highest BCUT2D eigenvalue weighted by molar-refractivity contribution is 7.89. The van der Waals surface area contributed by atoms with Gasteiger partial charge in [0.05, 0.1) is 10.6 Å². The number of piperidine rings is 1. The van der Waals surface area contributed by atoms with Crippen molar-refractivity contribution in [2.45, 2.75) is 24.7 Å². The Morgan fingerprint density at radius 3 is 2.21 bits per heavy atom. The molecular weight excluding hydrogens is 402 g/mol. The van der Waals surface area contributed by atoms with Crippen molar-refractivity contribution in [2.24, 2.45) is 5.92 Å². The number of hydrogen-bond acceptors (Lipinski definition) is 4. The summed E-state index contributed by atoms with van der Waals surface area (Å²) >= 11 is 0. The lowest BCUT2D eigenvalue weighted by Crippen LogP contribution is -2.41. The van der Waals surface area contributed by atoms with Crippen molar-refractivity contribution in [3.63, 3.8) is 0 Å². The summed E-state index contributed by atoms with van der Waals surface area (Å²) < 4.78 is 53.5. The summed E-state index contributed by atoms with van der Waals surface area (Å²) in [6.07, 6.45) is 0.554. The maximum atomic E-state index is 13.7. The Morgan fingerprint density at radius 2 is 1.66 bits per heavy atom. The van der Waals surface area contributed by atoms with Crippen LogP contribution in [0.5, 0.6) is 0 Å². The van der Waals surface area contributed by atoms with Crippen LogP contribution in [0.3, 0.4) is 0 Å². The number of benzene rings is 2. The number of halogens is 2. The second-order valence-electron chi connectivity index (χ2n) is 6.87. The summed E-state index contributed by atoms with van der Waals surface area (Å²) in [5.74, 6) is -2.68. The highest BCUT2D eigenvalue weighted by Crippen LogP contribution is 2.26. The van der Waals surface area contributed by atoms with E-state index in [-0.39, 0.29) is 42.3 Å². The van der Waals surface area contributed by atoms with E-state index < -0.39 is 33.5 Å². The largest absolute Gasteiger partial charge is 0.323 e. The fourth-order valence-electron chi connectivity index (χ4n) is 3.19. The number of ketones is 1. The van der Waals surface area contributed by atoms with Crippen LogP contribution in [0.2, 0.25) is 0 Å². The van der Waals surface area contributed by atoms with E-state index in [1.54, 1.807) is 0 Å². The molecule has 1 saturated heterocycles. The zero-order valence-corrected chi connectivity index (χ0v) is 16.5. The lowest BCUT2D eigenvalue weighted by molar-refractivity contribution is -0.120. The molecule has 2 aromatic rings. The van der Waals surface area contributed by atoms with Crippen molar-refractivity contribution >= 4 is 27.4 Å². The molecule has 1 aliphatic rings. The van der Waals surface area contributed by atoms with Gasteiger partial charge in [0.25, 0.3) is 0 Å². The molecule has 0 aromatic heterocycles. The smallest absolute Gasteiger partial charge is 0.243 e. The Labute approximate surface area is 167 Å². The number of sulfonamides is 1. The van der Waals surface area contributed by atoms with E-state index >= 15 is 0 Å². The van der Waals surface area contributed by atoms with Gasteiger partial charge in [-0.2, -0.15) is 4.31 Å². The van der Waals surface area contributed by atoms with E-state index in [2.05, 4.69) is 5.32 Å². The number of carbonyl (C=O) groups excluding carboxylic acids is 2. The number of hydrogen-bond donors (Lipinski definition) is 1. The van der Waals surface area contributed by atoms with E-state index in [1.165, 1.54) is 35.5 Å². The average Bonchev–Trinajstić information content (AvgIpc) is 2.70. The van der Waals surface area contributed by atoms with Crippen LogP contribution >= 0.6 is 0 Å². The molecule has 6 nitrogen and oxygen atoms in total. The van der Waals surface area contributed by atoms with Gasteiger partial charge in [0, 0.05) is 30.6 Å². The molecule has 1 amide bonds. The first-order valence-corrected chi connectivity index (χ1v) is 10.5. The van der Waals surface area contributed by atoms with Crippen molar-refractivity contribution in [1.82, 2.24) is 4.31 Å². The van der Waals surface area contributed by atoms with E-state index in [1.807, 2.05) is 0 Å². The standard InChI is InChI=1S/C20H20F2N2O4S/c1-13(25)14-2-5-17(6-3-14)29(27,28)24-10-8-15(9-11-24)20(26)23-19-7-4-16(21)12-18(19)22/h2-7,12,15H,8-11H2,1H3,(H,23,26). The Morgan fingerprint density at radius 1 is 1.03 bits per heavy atom. The van der Waals surface area contributed by atoms with Crippen LogP contribution in [0, 0.1) is 17.6 Å². The van der Waals surface area contributed by atoms with Gasteiger partial charge >= 0.3 is 0 Å². The van der Waals surface area contributed by atoms with Crippen molar-refractivity contribution in [3.05, 3.63) is 59.7 Å². The van der Waals surface area contributed by atoms with Gasteiger partial charge in [-0.15, -0.1) is 0 Å². The predicted molar refractivity (Wildman–Crippen MR) is 103 cm³/mol. The molecule has 29 heavy (non-hydrogen) atoms. The lowest BCUT2D eigenvalue weighted by atomic mass is 9.97. The molecule has 3 rings (SSSR count). The zero-order chi connectivity index (χ0) is 21.2. The monoisotopic (exact) mass is 422 g/mol. The quantitative estimate of drug-likeness (QED) is 0.750. The van der Waals surface area contributed by atoms with E-state index in [4.69, 9.17) is 0 Å². The molecule has 1 N–H and O–H groups in total. The third-order valence-electron chi connectivity index (χ3n) is 4.91. The fraction of sp³-hybridized carbons (Fsp3) is 0.300. The minimum Gasteiger partial charge on any atom is -0.323 e. The average molecular weight is 422 g/mol. The molecule has 0 spiro atoms. The van der Waals surface area contributed by atoms with Gasteiger partial charge < -0.3 is 5.32 Å². The normalized spacial score (nSPS) is 15.8. The van der Waals surface area contributed by atoms with Crippen LogP contribution in [0.25, 0.3) is 0 Å². The summed E-state index contributed by atoms with van der Waals surface area (Å²) in [5.41, 5.74) is 0.310. The first-order valence-electron chi connectivity index (χ1n) is 9.05. The van der Waals surface area contributed by atoms with Gasteiger partial charge in [-0.1, -0.05) is 12.1 Å². The first kappa shape index (κ1) is 21.1. The Hall–Kier alpha value is -2.65. The third kappa shape index (κ3) is 4.68. The van der Waals surface area contributed by atoms with Gasteiger partial charge in [-0.25, -0.2) is 17.2 Å². The number of rotatable bonds is 5. The Kier molecular flexibility index (Phi) is 6.09. The molecule has 0 aliphatic carbocycles. The highest BCUT2D eigenvalue weighted by atomic mass is 32.2. The van der Waals surface area contributed by atoms with Crippen LogP contribution in [0.15, 0.2) is 47.4 Å². The second kappa shape index (κ2) is 8.38. The minimum atomic E-state index is -3.74. The number of Topliss-reactive ketones (excluding diaryl/α,β-unsaturated/α-hetero) is 1. The number of anilines is 1. The van der Waals surface area contributed by atoms with Crippen molar-refractivity contribution in [3.8, 4) is 0 Å². The third-order valence-corrected chi connectivity index (χ3v) is 6.83. The lowest BCUT2D eigenvalue weighted by Gasteiger charge is -2.30. The van der Waals surface area contributed by atoms with Gasteiger partial charge in [0.2, 0.25) is 15.9 Å². The number of amides is 1. The van der Waals surface area contributed by atoms with Crippen LogP contribution in [-0.2, 0) is 14.8 Å². The van der Waals surface area contributed by atoms with E-state index in [9.17, 15) is 26.8 Å².